The van der Waals surface area contributed by atoms with E-state index in [9.17, 15) is 0 Å². The van der Waals surface area contributed by atoms with E-state index in [1.807, 2.05) is 12.4 Å². The number of hydrogen-bond acceptors (Lipinski definition) is 3. The lowest BCUT2D eigenvalue weighted by Gasteiger charge is -2.00. The van der Waals surface area contributed by atoms with Crippen LogP contribution in [0.1, 0.15) is 31.7 Å². The summed E-state index contributed by atoms with van der Waals surface area (Å²) in [7, 11) is 1.58. The topological polar surface area (TPSA) is 35.0 Å². The van der Waals surface area contributed by atoms with Crippen LogP contribution in [0.3, 0.4) is 0 Å². The van der Waals surface area contributed by atoms with E-state index in [1.54, 1.807) is 7.11 Å². The highest BCUT2D eigenvalue weighted by atomic mass is 16.5. The molecule has 0 N–H and O–H groups in total. The number of aryl methyl sites for hydroxylation is 1. The predicted octanol–water partition coefficient (Wildman–Crippen LogP) is 2.22. The summed E-state index contributed by atoms with van der Waals surface area (Å²) in [6.45, 7) is 2.20. The number of aromatic nitrogens is 2. The van der Waals surface area contributed by atoms with E-state index in [2.05, 4.69) is 16.9 Å². The quantitative estimate of drug-likeness (QED) is 0.652. The van der Waals surface area contributed by atoms with Gasteiger partial charge in [0.25, 0.3) is 0 Å². The fraction of sp³-hybridized carbons (Fsp3) is 0.600. The van der Waals surface area contributed by atoms with Crippen molar-refractivity contribution in [2.45, 2.75) is 32.6 Å². The molecular formula is C10H16N2O. The van der Waals surface area contributed by atoms with Crippen LogP contribution in [-0.4, -0.2) is 17.1 Å². The van der Waals surface area contributed by atoms with Gasteiger partial charge in [-0.1, -0.05) is 19.8 Å². The van der Waals surface area contributed by atoms with E-state index in [0.29, 0.717) is 6.01 Å². The van der Waals surface area contributed by atoms with Gasteiger partial charge in [0.1, 0.15) is 0 Å². The summed E-state index contributed by atoms with van der Waals surface area (Å²) in [5, 5.41) is 0. The standard InChI is InChI=1S/C10H16N2O/c1-3-4-5-6-9-7-11-10(13-2)12-8-9/h7-8H,3-6H2,1-2H3. The SMILES string of the molecule is CCCCCc1cnc(OC)nc1. The summed E-state index contributed by atoms with van der Waals surface area (Å²) in [4.78, 5) is 8.09. The van der Waals surface area contributed by atoms with Gasteiger partial charge >= 0.3 is 6.01 Å². The van der Waals surface area contributed by atoms with Crippen LogP contribution in [0.2, 0.25) is 0 Å². The van der Waals surface area contributed by atoms with Crippen LogP contribution in [0, 0.1) is 0 Å². The lowest BCUT2D eigenvalue weighted by molar-refractivity contribution is 0.379. The summed E-state index contributed by atoms with van der Waals surface area (Å²) in [6.07, 6.45) is 8.47. The Bertz CT molecular complexity index is 233. The van der Waals surface area contributed by atoms with Crippen molar-refractivity contribution >= 4 is 0 Å². The Hall–Kier alpha value is -1.12. The van der Waals surface area contributed by atoms with Crippen LogP contribution >= 0.6 is 0 Å². The normalized spacial score (nSPS) is 10.0. The van der Waals surface area contributed by atoms with Crippen LogP contribution in [0.15, 0.2) is 12.4 Å². The van der Waals surface area contributed by atoms with E-state index in [-0.39, 0.29) is 0 Å². The highest BCUT2D eigenvalue weighted by Crippen LogP contribution is 2.06. The number of unbranched alkanes of at least 4 members (excludes halogenated alkanes) is 2. The van der Waals surface area contributed by atoms with E-state index in [0.717, 1.165) is 6.42 Å². The van der Waals surface area contributed by atoms with Gasteiger partial charge in [0, 0.05) is 12.4 Å². The summed E-state index contributed by atoms with van der Waals surface area (Å²) in [6, 6.07) is 0.444. The van der Waals surface area contributed by atoms with E-state index in [1.165, 1.54) is 24.8 Å². The molecule has 0 aliphatic rings. The molecule has 3 nitrogen and oxygen atoms in total. The molecule has 0 atom stereocenters. The Morgan fingerprint density at radius 3 is 2.46 bits per heavy atom. The highest BCUT2D eigenvalue weighted by Gasteiger charge is 1.96. The van der Waals surface area contributed by atoms with Gasteiger partial charge in [0.2, 0.25) is 0 Å². The first kappa shape index (κ1) is 9.96. The van der Waals surface area contributed by atoms with E-state index >= 15 is 0 Å². The van der Waals surface area contributed by atoms with Crippen molar-refractivity contribution in [2.75, 3.05) is 7.11 Å². The molecule has 0 unspecified atom stereocenters. The van der Waals surface area contributed by atoms with Crippen molar-refractivity contribution in [3.8, 4) is 6.01 Å². The molecule has 0 aliphatic heterocycles. The average Bonchev–Trinajstić information content (AvgIpc) is 2.19. The number of hydrogen-bond donors (Lipinski definition) is 0. The van der Waals surface area contributed by atoms with Crippen molar-refractivity contribution in [1.29, 1.82) is 0 Å². The third-order valence-corrected chi connectivity index (χ3v) is 1.93. The molecule has 0 saturated carbocycles. The molecule has 1 rings (SSSR count). The molecule has 0 aliphatic carbocycles. The van der Waals surface area contributed by atoms with Crippen molar-refractivity contribution < 1.29 is 4.74 Å². The van der Waals surface area contributed by atoms with Crippen molar-refractivity contribution in [2.24, 2.45) is 0 Å². The summed E-state index contributed by atoms with van der Waals surface area (Å²) >= 11 is 0. The number of rotatable bonds is 5. The van der Waals surface area contributed by atoms with Crippen molar-refractivity contribution in [3.63, 3.8) is 0 Å². The maximum atomic E-state index is 4.87. The molecule has 1 aromatic rings. The Kier molecular flexibility index (Phi) is 4.23. The average molecular weight is 180 g/mol. The molecule has 0 aromatic carbocycles. The monoisotopic (exact) mass is 180 g/mol. The van der Waals surface area contributed by atoms with Gasteiger partial charge in [0.15, 0.2) is 0 Å². The minimum absolute atomic E-state index is 0.444. The Labute approximate surface area is 79.2 Å². The molecule has 0 bridgehead atoms. The van der Waals surface area contributed by atoms with Gasteiger partial charge in [-0.15, -0.1) is 0 Å². The third kappa shape index (κ3) is 3.40. The number of ether oxygens (including phenoxy) is 1. The Morgan fingerprint density at radius 2 is 1.92 bits per heavy atom. The summed E-state index contributed by atoms with van der Waals surface area (Å²) in [5.74, 6) is 0. The molecule has 0 saturated heterocycles. The van der Waals surface area contributed by atoms with Crippen LogP contribution in [-0.2, 0) is 6.42 Å². The molecule has 3 heteroatoms. The van der Waals surface area contributed by atoms with Crippen molar-refractivity contribution in [1.82, 2.24) is 9.97 Å². The molecular weight excluding hydrogens is 164 g/mol. The van der Waals surface area contributed by atoms with Crippen LogP contribution < -0.4 is 4.74 Å². The largest absolute Gasteiger partial charge is 0.467 e. The molecule has 13 heavy (non-hydrogen) atoms. The zero-order valence-electron chi connectivity index (χ0n) is 8.29. The molecule has 0 fully saturated rings. The molecule has 0 radical (unpaired) electrons. The second-order valence-electron chi connectivity index (χ2n) is 3.04. The second-order valence-corrected chi connectivity index (χ2v) is 3.04. The Morgan fingerprint density at radius 1 is 1.23 bits per heavy atom. The van der Waals surface area contributed by atoms with Crippen LogP contribution in [0.4, 0.5) is 0 Å². The first-order chi connectivity index (χ1) is 6.36. The molecule has 0 amide bonds. The fourth-order valence-corrected chi connectivity index (χ4v) is 1.16. The molecule has 1 heterocycles. The lowest BCUT2D eigenvalue weighted by Crippen LogP contribution is -1.93. The van der Waals surface area contributed by atoms with Crippen molar-refractivity contribution in [3.05, 3.63) is 18.0 Å². The van der Waals surface area contributed by atoms with Gasteiger partial charge in [-0.2, -0.15) is 0 Å². The summed E-state index contributed by atoms with van der Waals surface area (Å²) < 4.78 is 4.87. The first-order valence-corrected chi connectivity index (χ1v) is 4.71. The predicted molar refractivity (Wildman–Crippen MR) is 51.8 cm³/mol. The van der Waals surface area contributed by atoms with Crippen LogP contribution in [0.25, 0.3) is 0 Å². The van der Waals surface area contributed by atoms with Crippen LogP contribution in [0.5, 0.6) is 6.01 Å². The Balaban J connectivity index is 2.40. The minimum atomic E-state index is 0.444. The second kappa shape index (κ2) is 5.51. The van der Waals surface area contributed by atoms with Gasteiger partial charge in [-0.25, -0.2) is 9.97 Å². The third-order valence-electron chi connectivity index (χ3n) is 1.93. The highest BCUT2D eigenvalue weighted by molar-refractivity contribution is 5.07. The fourth-order valence-electron chi connectivity index (χ4n) is 1.16. The molecule has 72 valence electrons. The van der Waals surface area contributed by atoms with Gasteiger partial charge < -0.3 is 4.74 Å². The van der Waals surface area contributed by atoms with Gasteiger partial charge in [0.05, 0.1) is 7.11 Å². The lowest BCUT2D eigenvalue weighted by atomic mass is 10.1. The first-order valence-electron chi connectivity index (χ1n) is 4.71. The van der Waals surface area contributed by atoms with Gasteiger partial charge in [-0.05, 0) is 18.4 Å². The smallest absolute Gasteiger partial charge is 0.316 e. The maximum Gasteiger partial charge on any atom is 0.316 e. The number of nitrogens with zero attached hydrogens (tertiary/aromatic N) is 2. The zero-order valence-corrected chi connectivity index (χ0v) is 8.29. The minimum Gasteiger partial charge on any atom is -0.467 e. The maximum absolute atomic E-state index is 4.87. The van der Waals surface area contributed by atoms with E-state index < -0.39 is 0 Å². The number of methoxy groups -OCH3 is 1. The summed E-state index contributed by atoms with van der Waals surface area (Å²) in [5.41, 5.74) is 1.19. The van der Waals surface area contributed by atoms with Gasteiger partial charge in [-0.3, -0.25) is 0 Å². The van der Waals surface area contributed by atoms with E-state index in [4.69, 9.17) is 4.74 Å². The molecule has 0 spiro atoms. The zero-order chi connectivity index (χ0) is 9.52. The molecule has 1 aromatic heterocycles.